The lowest BCUT2D eigenvalue weighted by Crippen LogP contribution is -2.44. The Balaban J connectivity index is 2.33. The largest absolute Gasteiger partial charge is 0.326 e. The molecule has 2 heteroatoms. The maximum atomic E-state index is 6.25. The van der Waals surface area contributed by atoms with Gasteiger partial charge in [-0.3, -0.25) is 4.90 Å². The molecule has 0 saturated heterocycles. The number of nitrogens with zero attached hydrogens (tertiary/aromatic N) is 1. The summed E-state index contributed by atoms with van der Waals surface area (Å²) in [4.78, 5) is 2.48. The molecular formula is C12H26N2. The van der Waals surface area contributed by atoms with Crippen LogP contribution in [0.2, 0.25) is 0 Å². The fourth-order valence-electron chi connectivity index (χ4n) is 2.51. The average molecular weight is 198 g/mol. The highest BCUT2D eigenvalue weighted by atomic mass is 15.2. The molecule has 0 amide bonds. The highest BCUT2D eigenvalue weighted by molar-refractivity contribution is 4.81. The summed E-state index contributed by atoms with van der Waals surface area (Å²) in [5.74, 6) is 0.794. The second-order valence-electron chi connectivity index (χ2n) is 4.89. The Bertz CT molecular complexity index is 150. The maximum absolute atomic E-state index is 6.25. The first-order chi connectivity index (χ1) is 6.65. The number of hydrogen-bond acceptors (Lipinski definition) is 2. The van der Waals surface area contributed by atoms with E-state index in [4.69, 9.17) is 5.73 Å². The number of nitrogens with two attached hydrogens (primary N) is 1. The maximum Gasteiger partial charge on any atom is 0.0196 e. The van der Waals surface area contributed by atoms with Gasteiger partial charge in [0.25, 0.3) is 0 Å². The molecule has 1 rings (SSSR count). The molecule has 2 nitrogen and oxygen atoms in total. The summed E-state index contributed by atoms with van der Waals surface area (Å²) in [5, 5.41) is 0. The van der Waals surface area contributed by atoms with Gasteiger partial charge < -0.3 is 5.73 Å². The summed E-state index contributed by atoms with van der Waals surface area (Å²) in [6.07, 6.45) is 5.51. The lowest BCUT2D eigenvalue weighted by molar-refractivity contribution is 0.198. The van der Waals surface area contributed by atoms with Crippen molar-refractivity contribution in [3.63, 3.8) is 0 Å². The monoisotopic (exact) mass is 198 g/mol. The minimum Gasteiger partial charge on any atom is -0.326 e. The molecule has 0 aromatic heterocycles. The van der Waals surface area contributed by atoms with E-state index < -0.39 is 0 Å². The molecule has 1 saturated carbocycles. The third-order valence-electron chi connectivity index (χ3n) is 3.59. The van der Waals surface area contributed by atoms with Crippen molar-refractivity contribution in [3.8, 4) is 0 Å². The van der Waals surface area contributed by atoms with Gasteiger partial charge in [-0.05, 0) is 39.2 Å². The first-order valence-electron chi connectivity index (χ1n) is 6.14. The second-order valence-corrected chi connectivity index (χ2v) is 4.89. The molecule has 0 heterocycles. The van der Waals surface area contributed by atoms with Crippen molar-refractivity contribution in [3.05, 3.63) is 0 Å². The van der Waals surface area contributed by atoms with Crippen molar-refractivity contribution in [2.75, 3.05) is 13.1 Å². The van der Waals surface area contributed by atoms with Crippen LogP contribution >= 0.6 is 0 Å². The van der Waals surface area contributed by atoms with Gasteiger partial charge in [-0.2, -0.15) is 0 Å². The predicted octanol–water partition coefficient (Wildman–Crippen LogP) is 2.23. The molecule has 0 aromatic carbocycles. The van der Waals surface area contributed by atoms with Crippen LogP contribution in [0.15, 0.2) is 0 Å². The molecule has 1 aliphatic rings. The van der Waals surface area contributed by atoms with Crippen molar-refractivity contribution in [1.82, 2.24) is 4.90 Å². The third-order valence-corrected chi connectivity index (χ3v) is 3.59. The Morgan fingerprint density at radius 3 is 2.29 bits per heavy atom. The number of hydrogen-bond donors (Lipinski definition) is 1. The fourth-order valence-corrected chi connectivity index (χ4v) is 2.51. The Hall–Kier alpha value is -0.0800. The molecule has 14 heavy (non-hydrogen) atoms. The van der Waals surface area contributed by atoms with E-state index in [2.05, 4.69) is 25.7 Å². The first-order valence-corrected chi connectivity index (χ1v) is 6.14. The molecule has 2 N–H and O–H groups in total. The van der Waals surface area contributed by atoms with Crippen molar-refractivity contribution < 1.29 is 0 Å². The minimum absolute atomic E-state index is 0.403. The lowest BCUT2D eigenvalue weighted by Gasteiger charge is -2.30. The Morgan fingerprint density at radius 2 is 1.86 bits per heavy atom. The van der Waals surface area contributed by atoms with E-state index in [-0.39, 0.29) is 0 Å². The number of rotatable bonds is 5. The van der Waals surface area contributed by atoms with Crippen LogP contribution in [0.4, 0.5) is 0 Å². The van der Waals surface area contributed by atoms with Gasteiger partial charge in [-0.15, -0.1) is 0 Å². The van der Waals surface area contributed by atoms with Gasteiger partial charge in [-0.1, -0.05) is 19.8 Å². The van der Waals surface area contributed by atoms with Crippen LogP contribution in [0.1, 0.15) is 46.5 Å². The number of likely N-dealkylation sites (N-methyl/N-ethyl adjacent to an activating group) is 1. The fraction of sp³-hybridized carbons (Fsp3) is 1.00. The molecular weight excluding hydrogens is 172 g/mol. The second kappa shape index (κ2) is 5.72. The van der Waals surface area contributed by atoms with Crippen LogP contribution in [0.3, 0.4) is 0 Å². The quantitative estimate of drug-likeness (QED) is 0.734. The zero-order chi connectivity index (χ0) is 10.6. The zero-order valence-electron chi connectivity index (χ0n) is 10.00. The van der Waals surface area contributed by atoms with Crippen molar-refractivity contribution in [2.24, 2.45) is 11.7 Å². The SMILES string of the molecule is CCN(CC(N)C1CCCC1)C(C)C. The molecule has 1 fully saturated rings. The molecule has 1 unspecified atom stereocenters. The average Bonchev–Trinajstić information content (AvgIpc) is 2.65. The predicted molar refractivity (Wildman–Crippen MR) is 62.3 cm³/mol. The van der Waals surface area contributed by atoms with Gasteiger partial charge in [0.05, 0.1) is 0 Å². The van der Waals surface area contributed by atoms with E-state index in [1.165, 1.54) is 25.7 Å². The summed E-state index contributed by atoms with van der Waals surface area (Å²) >= 11 is 0. The summed E-state index contributed by atoms with van der Waals surface area (Å²) < 4.78 is 0. The standard InChI is InChI=1S/C12H26N2/c1-4-14(10(2)3)9-12(13)11-7-5-6-8-11/h10-12H,4-9,13H2,1-3H3. The Morgan fingerprint density at radius 1 is 1.29 bits per heavy atom. The molecule has 1 aliphatic carbocycles. The van der Waals surface area contributed by atoms with Crippen molar-refractivity contribution in [1.29, 1.82) is 0 Å². The van der Waals surface area contributed by atoms with Gasteiger partial charge in [0.2, 0.25) is 0 Å². The smallest absolute Gasteiger partial charge is 0.0196 e. The molecule has 0 aliphatic heterocycles. The van der Waals surface area contributed by atoms with Gasteiger partial charge in [0.15, 0.2) is 0 Å². The minimum atomic E-state index is 0.403. The summed E-state index contributed by atoms with van der Waals surface area (Å²) in [7, 11) is 0. The first kappa shape index (κ1) is 12.0. The van der Waals surface area contributed by atoms with E-state index in [9.17, 15) is 0 Å². The topological polar surface area (TPSA) is 29.3 Å². The molecule has 0 bridgehead atoms. The van der Waals surface area contributed by atoms with E-state index >= 15 is 0 Å². The van der Waals surface area contributed by atoms with Gasteiger partial charge in [0, 0.05) is 18.6 Å². The molecule has 0 spiro atoms. The van der Waals surface area contributed by atoms with Crippen molar-refractivity contribution >= 4 is 0 Å². The van der Waals surface area contributed by atoms with Crippen LogP contribution in [0.25, 0.3) is 0 Å². The summed E-state index contributed by atoms with van der Waals surface area (Å²) in [6.45, 7) is 8.94. The van der Waals surface area contributed by atoms with Crippen LogP contribution in [0.5, 0.6) is 0 Å². The highest BCUT2D eigenvalue weighted by Crippen LogP contribution is 2.27. The van der Waals surface area contributed by atoms with E-state index in [0.717, 1.165) is 19.0 Å². The van der Waals surface area contributed by atoms with Crippen LogP contribution < -0.4 is 5.73 Å². The molecule has 84 valence electrons. The van der Waals surface area contributed by atoms with Gasteiger partial charge in [0.1, 0.15) is 0 Å². The highest BCUT2D eigenvalue weighted by Gasteiger charge is 2.23. The summed E-state index contributed by atoms with van der Waals surface area (Å²) in [5.41, 5.74) is 6.25. The van der Waals surface area contributed by atoms with E-state index in [0.29, 0.717) is 12.1 Å². The third kappa shape index (κ3) is 3.25. The van der Waals surface area contributed by atoms with Crippen LogP contribution in [-0.2, 0) is 0 Å². The summed E-state index contributed by atoms with van der Waals surface area (Å²) in [6, 6.07) is 1.03. The lowest BCUT2D eigenvalue weighted by atomic mass is 9.98. The van der Waals surface area contributed by atoms with Crippen LogP contribution in [-0.4, -0.2) is 30.1 Å². The Kier molecular flexibility index (Phi) is 4.90. The normalized spacial score (nSPS) is 21.0. The molecule has 0 aromatic rings. The Labute approximate surface area is 88.8 Å². The van der Waals surface area contributed by atoms with E-state index in [1.807, 2.05) is 0 Å². The zero-order valence-corrected chi connectivity index (χ0v) is 10.00. The molecule has 0 radical (unpaired) electrons. The van der Waals surface area contributed by atoms with E-state index in [1.54, 1.807) is 0 Å². The van der Waals surface area contributed by atoms with Gasteiger partial charge >= 0.3 is 0 Å². The van der Waals surface area contributed by atoms with Crippen LogP contribution in [0, 0.1) is 5.92 Å². The van der Waals surface area contributed by atoms with Gasteiger partial charge in [-0.25, -0.2) is 0 Å². The van der Waals surface area contributed by atoms with Crippen molar-refractivity contribution in [2.45, 2.75) is 58.5 Å². The molecule has 1 atom stereocenters.